The molecule has 1 N–H and O–H groups in total. The van der Waals surface area contributed by atoms with Gasteiger partial charge >= 0.3 is 0 Å². The van der Waals surface area contributed by atoms with Crippen molar-refractivity contribution in [3.05, 3.63) is 77.1 Å². The van der Waals surface area contributed by atoms with Crippen LogP contribution in [0.2, 0.25) is 0 Å². The van der Waals surface area contributed by atoms with Gasteiger partial charge in [0.1, 0.15) is 5.69 Å². The molecule has 3 amide bonds. The number of likely N-dealkylation sites (N-methyl/N-ethyl adjacent to an activating group) is 1. The molecule has 0 bridgehead atoms. The number of benzene rings is 2. The van der Waals surface area contributed by atoms with Crippen molar-refractivity contribution in [1.82, 2.24) is 24.9 Å². The number of amides is 3. The molecule has 2 aliphatic heterocycles. The van der Waals surface area contributed by atoms with E-state index in [2.05, 4.69) is 10.4 Å². The molecular formula is C26H27N5O5. The highest BCUT2D eigenvalue weighted by Gasteiger charge is 2.27. The van der Waals surface area contributed by atoms with Crippen molar-refractivity contribution >= 4 is 17.7 Å². The van der Waals surface area contributed by atoms with Gasteiger partial charge in [-0.15, -0.1) is 0 Å². The van der Waals surface area contributed by atoms with E-state index in [1.165, 1.54) is 18.0 Å². The molecule has 0 radical (unpaired) electrons. The van der Waals surface area contributed by atoms with Crippen LogP contribution >= 0.6 is 0 Å². The SMILES string of the molecule is CN(CC(=O)NCc1ccc2c(c1)OCO2)C(=O)c1cc2n(n1)CCCN(Cc1ccccc1)C2=O. The van der Waals surface area contributed by atoms with E-state index in [1.807, 2.05) is 42.5 Å². The third-order valence-electron chi connectivity index (χ3n) is 6.17. The third-order valence-corrected chi connectivity index (χ3v) is 6.17. The minimum atomic E-state index is -0.420. The van der Waals surface area contributed by atoms with Crippen molar-refractivity contribution in [3.8, 4) is 11.5 Å². The van der Waals surface area contributed by atoms with E-state index in [-0.39, 0.29) is 30.8 Å². The summed E-state index contributed by atoms with van der Waals surface area (Å²) in [5.74, 6) is 0.429. The van der Waals surface area contributed by atoms with Gasteiger partial charge in [-0.25, -0.2) is 0 Å². The van der Waals surface area contributed by atoms with Gasteiger partial charge in [0, 0.05) is 39.3 Å². The highest BCUT2D eigenvalue weighted by Crippen LogP contribution is 2.32. The molecule has 0 unspecified atom stereocenters. The van der Waals surface area contributed by atoms with Crippen LogP contribution in [0.5, 0.6) is 11.5 Å². The smallest absolute Gasteiger partial charge is 0.274 e. The van der Waals surface area contributed by atoms with Crippen LogP contribution in [0.4, 0.5) is 0 Å². The second-order valence-electron chi connectivity index (χ2n) is 8.83. The fraction of sp³-hybridized carbons (Fsp3) is 0.308. The largest absolute Gasteiger partial charge is 0.454 e. The second kappa shape index (κ2) is 10.1. The van der Waals surface area contributed by atoms with E-state index in [4.69, 9.17) is 9.47 Å². The molecule has 5 rings (SSSR count). The Balaban J connectivity index is 1.19. The third kappa shape index (κ3) is 5.02. The average molecular weight is 490 g/mol. The van der Waals surface area contributed by atoms with Gasteiger partial charge in [-0.1, -0.05) is 36.4 Å². The molecule has 10 heteroatoms. The minimum absolute atomic E-state index is 0.139. The van der Waals surface area contributed by atoms with Gasteiger partial charge in [-0.05, 0) is 29.7 Å². The summed E-state index contributed by atoms with van der Waals surface area (Å²) >= 11 is 0. The number of hydrogen-bond acceptors (Lipinski definition) is 6. The summed E-state index contributed by atoms with van der Waals surface area (Å²) in [6, 6.07) is 16.8. The number of carbonyl (C=O) groups excluding carboxylic acids is 3. The van der Waals surface area contributed by atoms with Gasteiger partial charge in [-0.3, -0.25) is 19.1 Å². The van der Waals surface area contributed by atoms with Crippen LogP contribution in [-0.4, -0.2) is 64.2 Å². The lowest BCUT2D eigenvalue weighted by Gasteiger charge is -2.20. The molecule has 0 saturated carbocycles. The highest BCUT2D eigenvalue weighted by molar-refractivity contribution is 5.99. The number of nitrogens with zero attached hydrogens (tertiary/aromatic N) is 4. The first-order valence-electron chi connectivity index (χ1n) is 11.8. The number of carbonyl (C=O) groups is 3. The lowest BCUT2D eigenvalue weighted by Crippen LogP contribution is -2.38. The van der Waals surface area contributed by atoms with Gasteiger partial charge in [0.25, 0.3) is 11.8 Å². The Kier molecular flexibility index (Phi) is 6.57. The molecule has 186 valence electrons. The summed E-state index contributed by atoms with van der Waals surface area (Å²) in [5, 5.41) is 7.18. The Morgan fingerprint density at radius 1 is 1.03 bits per heavy atom. The van der Waals surface area contributed by atoms with Gasteiger partial charge in [-0.2, -0.15) is 5.10 Å². The fourth-order valence-corrected chi connectivity index (χ4v) is 4.28. The maximum absolute atomic E-state index is 13.2. The molecule has 2 aliphatic rings. The monoisotopic (exact) mass is 489 g/mol. The van der Waals surface area contributed by atoms with Crippen molar-refractivity contribution in [2.75, 3.05) is 26.9 Å². The number of ether oxygens (including phenoxy) is 2. The zero-order chi connectivity index (χ0) is 25.1. The summed E-state index contributed by atoms with van der Waals surface area (Å²) in [6.45, 7) is 1.99. The molecule has 10 nitrogen and oxygen atoms in total. The number of nitrogens with one attached hydrogen (secondary N) is 1. The molecule has 36 heavy (non-hydrogen) atoms. The fourth-order valence-electron chi connectivity index (χ4n) is 4.28. The minimum Gasteiger partial charge on any atom is -0.454 e. The zero-order valence-electron chi connectivity index (χ0n) is 20.0. The van der Waals surface area contributed by atoms with Gasteiger partial charge in [0.15, 0.2) is 17.2 Å². The number of aryl methyl sites for hydroxylation is 1. The number of hydrogen-bond donors (Lipinski definition) is 1. The zero-order valence-corrected chi connectivity index (χ0v) is 20.0. The van der Waals surface area contributed by atoms with Crippen LogP contribution in [-0.2, 0) is 24.4 Å². The Morgan fingerprint density at radius 2 is 1.83 bits per heavy atom. The first kappa shape index (κ1) is 23.4. The van der Waals surface area contributed by atoms with E-state index >= 15 is 0 Å². The maximum Gasteiger partial charge on any atom is 0.274 e. The summed E-state index contributed by atoms with van der Waals surface area (Å²) in [5.41, 5.74) is 2.43. The van der Waals surface area contributed by atoms with E-state index in [0.717, 1.165) is 17.5 Å². The summed E-state index contributed by atoms with van der Waals surface area (Å²) < 4.78 is 12.2. The van der Waals surface area contributed by atoms with Gasteiger partial charge in [0.05, 0.1) is 6.54 Å². The molecule has 0 atom stereocenters. The van der Waals surface area contributed by atoms with E-state index in [1.54, 1.807) is 15.6 Å². The van der Waals surface area contributed by atoms with Crippen molar-refractivity contribution < 1.29 is 23.9 Å². The lowest BCUT2D eigenvalue weighted by atomic mass is 10.2. The maximum atomic E-state index is 13.2. The Bertz CT molecular complexity index is 1290. The van der Waals surface area contributed by atoms with Crippen molar-refractivity contribution in [2.45, 2.75) is 26.1 Å². The predicted molar refractivity (Wildman–Crippen MR) is 129 cm³/mol. The topological polar surface area (TPSA) is 106 Å². The normalized spacial score (nSPS) is 14.2. The number of fused-ring (bicyclic) bond motifs is 2. The first-order chi connectivity index (χ1) is 17.5. The van der Waals surface area contributed by atoms with Crippen molar-refractivity contribution in [3.63, 3.8) is 0 Å². The Labute approximate surface area is 208 Å². The molecule has 3 aromatic rings. The van der Waals surface area contributed by atoms with Crippen molar-refractivity contribution in [1.29, 1.82) is 0 Å². The molecular weight excluding hydrogens is 462 g/mol. The quantitative estimate of drug-likeness (QED) is 0.545. The number of aromatic nitrogens is 2. The molecule has 1 aromatic heterocycles. The van der Waals surface area contributed by atoms with Gasteiger partial charge in [0.2, 0.25) is 12.7 Å². The standard InChI is InChI=1S/C26H27N5O5/c1-29(16-24(32)27-14-19-8-9-22-23(12-19)36-17-35-22)25(33)20-13-21-26(34)30(10-5-11-31(21)28-20)15-18-6-3-2-4-7-18/h2-4,6-9,12-13H,5,10-11,14-17H2,1H3,(H,27,32). The van der Waals surface area contributed by atoms with E-state index < -0.39 is 5.91 Å². The second-order valence-corrected chi connectivity index (χ2v) is 8.83. The predicted octanol–water partition coefficient (Wildman–Crippen LogP) is 2.05. The molecule has 0 fully saturated rings. The van der Waals surface area contributed by atoms with E-state index in [0.29, 0.717) is 43.4 Å². The summed E-state index contributed by atoms with van der Waals surface area (Å²) in [6.07, 6.45) is 0.735. The van der Waals surface area contributed by atoms with Crippen LogP contribution in [0.3, 0.4) is 0 Å². The molecule has 0 spiro atoms. The first-order valence-corrected chi connectivity index (χ1v) is 11.8. The lowest BCUT2D eigenvalue weighted by molar-refractivity contribution is -0.121. The summed E-state index contributed by atoms with van der Waals surface area (Å²) in [7, 11) is 1.54. The molecule has 3 heterocycles. The molecule has 2 aromatic carbocycles. The van der Waals surface area contributed by atoms with Crippen LogP contribution in [0.15, 0.2) is 54.6 Å². The van der Waals surface area contributed by atoms with Crippen molar-refractivity contribution in [2.24, 2.45) is 0 Å². The van der Waals surface area contributed by atoms with Gasteiger partial charge < -0.3 is 24.6 Å². The summed E-state index contributed by atoms with van der Waals surface area (Å²) in [4.78, 5) is 41.7. The van der Waals surface area contributed by atoms with Crippen LogP contribution in [0, 0.1) is 0 Å². The Hall–Kier alpha value is -4.34. The van der Waals surface area contributed by atoms with Crippen LogP contribution in [0.1, 0.15) is 38.5 Å². The average Bonchev–Trinajstić information content (AvgIpc) is 3.50. The highest BCUT2D eigenvalue weighted by atomic mass is 16.7. The van der Waals surface area contributed by atoms with E-state index in [9.17, 15) is 14.4 Å². The molecule has 0 saturated heterocycles. The number of rotatable bonds is 7. The Morgan fingerprint density at radius 3 is 2.67 bits per heavy atom. The molecule has 0 aliphatic carbocycles. The van der Waals surface area contributed by atoms with Crippen LogP contribution < -0.4 is 14.8 Å². The van der Waals surface area contributed by atoms with Crippen LogP contribution in [0.25, 0.3) is 0 Å².